The van der Waals surface area contributed by atoms with Crippen LogP contribution in [-0.2, 0) is 11.3 Å². The van der Waals surface area contributed by atoms with Crippen molar-refractivity contribution >= 4 is 17.7 Å². The van der Waals surface area contributed by atoms with Gasteiger partial charge in [-0.05, 0) is 49.1 Å². The van der Waals surface area contributed by atoms with E-state index in [4.69, 9.17) is 0 Å². The van der Waals surface area contributed by atoms with Crippen molar-refractivity contribution in [1.29, 1.82) is 0 Å². The highest BCUT2D eigenvalue weighted by molar-refractivity contribution is 7.98. The molecule has 0 aliphatic carbocycles. The van der Waals surface area contributed by atoms with Gasteiger partial charge in [-0.2, -0.15) is 11.8 Å². The van der Waals surface area contributed by atoms with E-state index < -0.39 is 11.8 Å². The summed E-state index contributed by atoms with van der Waals surface area (Å²) in [6.07, 6.45) is 4.40. The number of ether oxygens (including phenoxy) is 1. The van der Waals surface area contributed by atoms with Crippen molar-refractivity contribution < 1.29 is 13.9 Å². The van der Waals surface area contributed by atoms with E-state index in [0.29, 0.717) is 6.54 Å². The van der Waals surface area contributed by atoms with E-state index in [1.807, 2.05) is 11.8 Å². The molecule has 0 unspecified atom stereocenters. The maximum Gasteiger partial charge on any atom is 0.340 e. The average molecular weight is 285 g/mol. The number of halogens is 1. The van der Waals surface area contributed by atoms with E-state index in [1.165, 1.54) is 31.4 Å². The van der Waals surface area contributed by atoms with Crippen molar-refractivity contribution in [2.75, 3.05) is 25.7 Å². The fourth-order valence-corrected chi connectivity index (χ4v) is 2.17. The zero-order valence-corrected chi connectivity index (χ0v) is 12.2. The van der Waals surface area contributed by atoms with Crippen LogP contribution < -0.4 is 5.32 Å². The standard InChI is InChI=1S/C14H20FNO2S/c1-18-14(17)12-6-5-11(9-13(12)15)10-16-7-3-4-8-19-2/h5-6,9,16H,3-4,7-8,10H2,1-2H3. The van der Waals surface area contributed by atoms with Crippen LogP contribution in [0, 0.1) is 5.82 Å². The zero-order chi connectivity index (χ0) is 14.1. The molecule has 0 aromatic heterocycles. The maximum absolute atomic E-state index is 13.6. The summed E-state index contributed by atoms with van der Waals surface area (Å²) in [6.45, 7) is 1.53. The second kappa shape index (κ2) is 8.93. The molecule has 0 saturated heterocycles. The monoisotopic (exact) mass is 285 g/mol. The summed E-state index contributed by atoms with van der Waals surface area (Å²) >= 11 is 1.84. The lowest BCUT2D eigenvalue weighted by molar-refractivity contribution is 0.0595. The molecule has 0 fully saturated rings. The zero-order valence-electron chi connectivity index (χ0n) is 11.4. The number of esters is 1. The molecule has 0 atom stereocenters. The molecular weight excluding hydrogens is 265 g/mol. The van der Waals surface area contributed by atoms with Crippen LogP contribution in [0.25, 0.3) is 0 Å². The molecule has 0 saturated carbocycles. The summed E-state index contributed by atoms with van der Waals surface area (Å²) in [6, 6.07) is 4.58. The summed E-state index contributed by atoms with van der Waals surface area (Å²) in [5.41, 5.74) is 0.807. The number of hydrogen-bond acceptors (Lipinski definition) is 4. The number of rotatable bonds is 8. The molecule has 0 aliphatic rings. The molecule has 1 N–H and O–H groups in total. The normalized spacial score (nSPS) is 10.5. The molecule has 0 radical (unpaired) electrons. The predicted octanol–water partition coefficient (Wildman–Crippen LogP) is 2.85. The van der Waals surface area contributed by atoms with Crippen LogP contribution >= 0.6 is 11.8 Å². The van der Waals surface area contributed by atoms with Crippen LogP contribution in [0.1, 0.15) is 28.8 Å². The molecule has 0 heterocycles. The first-order valence-electron chi connectivity index (χ1n) is 6.25. The minimum atomic E-state index is -0.644. The van der Waals surface area contributed by atoms with Crippen LogP contribution in [-0.4, -0.2) is 31.6 Å². The van der Waals surface area contributed by atoms with Crippen LogP contribution in [0.4, 0.5) is 4.39 Å². The third kappa shape index (κ3) is 5.61. The molecule has 1 rings (SSSR count). The maximum atomic E-state index is 13.6. The summed E-state index contributed by atoms with van der Waals surface area (Å²) in [5.74, 6) is -0.00737. The number of benzene rings is 1. The largest absolute Gasteiger partial charge is 0.465 e. The SMILES string of the molecule is COC(=O)c1ccc(CNCCCCSC)cc1F. The number of carbonyl (C=O) groups excluding carboxylic acids is 1. The second-order valence-electron chi connectivity index (χ2n) is 4.18. The van der Waals surface area contributed by atoms with E-state index in [2.05, 4.69) is 16.3 Å². The highest BCUT2D eigenvalue weighted by Gasteiger charge is 2.11. The van der Waals surface area contributed by atoms with Gasteiger partial charge in [-0.3, -0.25) is 0 Å². The van der Waals surface area contributed by atoms with Gasteiger partial charge in [0.2, 0.25) is 0 Å². The molecule has 1 aromatic rings. The molecule has 0 spiro atoms. The minimum absolute atomic E-state index is 0.0220. The van der Waals surface area contributed by atoms with Gasteiger partial charge in [0.15, 0.2) is 0 Å². The number of hydrogen-bond donors (Lipinski definition) is 1. The Morgan fingerprint density at radius 3 is 2.84 bits per heavy atom. The molecule has 19 heavy (non-hydrogen) atoms. The minimum Gasteiger partial charge on any atom is -0.465 e. The molecule has 0 amide bonds. The second-order valence-corrected chi connectivity index (χ2v) is 5.17. The Balaban J connectivity index is 2.39. The lowest BCUT2D eigenvalue weighted by Crippen LogP contribution is -2.15. The number of methoxy groups -OCH3 is 1. The predicted molar refractivity (Wildman–Crippen MR) is 77.1 cm³/mol. The summed E-state index contributed by atoms with van der Waals surface area (Å²) < 4.78 is 18.1. The van der Waals surface area contributed by atoms with Crippen molar-refractivity contribution in [3.05, 3.63) is 35.1 Å². The smallest absolute Gasteiger partial charge is 0.340 e. The summed E-state index contributed by atoms with van der Waals surface area (Å²) in [7, 11) is 1.24. The van der Waals surface area contributed by atoms with Gasteiger partial charge in [0.1, 0.15) is 5.82 Å². The number of unbranched alkanes of at least 4 members (excludes halogenated alkanes) is 1. The third-order valence-electron chi connectivity index (χ3n) is 2.72. The van der Waals surface area contributed by atoms with Gasteiger partial charge in [-0.25, -0.2) is 9.18 Å². The van der Waals surface area contributed by atoms with E-state index in [1.54, 1.807) is 6.07 Å². The first-order valence-corrected chi connectivity index (χ1v) is 7.64. The van der Waals surface area contributed by atoms with Crippen molar-refractivity contribution in [3.8, 4) is 0 Å². The van der Waals surface area contributed by atoms with Crippen molar-refractivity contribution in [2.45, 2.75) is 19.4 Å². The fraction of sp³-hybridized carbons (Fsp3) is 0.500. The number of thioether (sulfide) groups is 1. The van der Waals surface area contributed by atoms with Gasteiger partial charge < -0.3 is 10.1 Å². The molecule has 3 nitrogen and oxygen atoms in total. The van der Waals surface area contributed by atoms with Crippen LogP contribution in [0.2, 0.25) is 0 Å². The first kappa shape index (κ1) is 16.0. The molecule has 106 valence electrons. The van der Waals surface area contributed by atoms with Crippen molar-refractivity contribution in [1.82, 2.24) is 5.32 Å². The third-order valence-corrected chi connectivity index (χ3v) is 3.42. The van der Waals surface area contributed by atoms with Gasteiger partial charge in [0, 0.05) is 6.54 Å². The van der Waals surface area contributed by atoms with Gasteiger partial charge in [-0.1, -0.05) is 6.07 Å². The quantitative estimate of drug-likeness (QED) is 0.589. The summed E-state index contributed by atoms with van der Waals surface area (Å²) in [4.78, 5) is 11.2. The topological polar surface area (TPSA) is 38.3 Å². The summed E-state index contributed by atoms with van der Waals surface area (Å²) in [5, 5.41) is 3.26. The fourth-order valence-electron chi connectivity index (χ4n) is 1.67. The Bertz CT molecular complexity index is 412. The Morgan fingerprint density at radius 1 is 1.42 bits per heavy atom. The number of nitrogens with one attached hydrogen (secondary N) is 1. The Kier molecular flexibility index (Phi) is 7.52. The highest BCUT2D eigenvalue weighted by Crippen LogP contribution is 2.11. The van der Waals surface area contributed by atoms with E-state index >= 15 is 0 Å². The van der Waals surface area contributed by atoms with E-state index in [9.17, 15) is 9.18 Å². The lowest BCUT2D eigenvalue weighted by atomic mass is 10.1. The van der Waals surface area contributed by atoms with Crippen LogP contribution in [0.3, 0.4) is 0 Å². The number of carbonyl (C=O) groups is 1. The lowest BCUT2D eigenvalue weighted by Gasteiger charge is -2.06. The van der Waals surface area contributed by atoms with Gasteiger partial charge in [0.25, 0.3) is 0 Å². The molecular formula is C14H20FNO2S. The van der Waals surface area contributed by atoms with Crippen LogP contribution in [0.5, 0.6) is 0 Å². The Hall–Kier alpha value is -1.07. The molecule has 0 aliphatic heterocycles. The van der Waals surface area contributed by atoms with Gasteiger partial charge in [-0.15, -0.1) is 0 Å². The Labute approximate surface area is 117 Å². The molecule has 1 aromatic carbocycles. The van der Waals surface area contributed by atoms with E-state index in [0.717, 1.165) is 18.5 Å². The molecule has 0 bridgehead atoms. The highest BCUT2D eigenvalue weighted by atomic mass is 32.2. The van der Waals surface area contributed by atoms with Crippen LogP contribution in [0.15, 0.2) is 18.2 Å². The van der Waals surface area contributed by atoms with Crippen molar-refractivity contribution in [2.24, 2.45) is 0 Å². The van der Waals surface area contributed by atoms with Crippen molar-refractivity contribution in [3.63, 3.8) is 0 Å². The van der Waals surface area contributed by atoms with E-state index in [-0.39, 0.29) is 5.56 Å². The molecule has 5 heteroatoms. The average Bonchev–Trinajstić information content (AvgIpc) is 2.42. The van der Waals surface area contributed by atoms with Gasteiger partial charge >= 0.3 is 5.97 Å². The Morgan fingerprint density at radius 2 is 2.21 bits per heavy atom. The van der Waals surface area contributed by atoms with Gasteiger partial charge in [0.05, 0.1) is 12.7 Å². The first-order chi connectivity index (χ1) is 9.19.